The molecule has 1 fully saturated rings. The molecule has 0 aliphatic carbocycles. The van der Waals surface area contributed by atoms with E-state index in [4.69, 9.17) is 40.2 Å². The van der Waals surface area contributed by atoms with E-state index >= 15 is 0 Å². The molecule has 4 rings (SSSR count). The average molecular weight is 514 g/mol. The molecular formula is C26H25Cl2N3O2S. The molecule has 0 radical (unpaired) electrons. The fourth-order valence-corrected chi connectivity index (χ4v) is 4.43. The predicted octanol–water partition coefficient (Wildman–Crippen LogP) is 5.50. The zero-order valence-electron chi connectivity index (χ0n) is 18.5. The molecular weight excluding hydrogens is 489 g/mol. The zero-order chi connectivity index (χ0) is 23.9. The molecule has 5 nitrogen and oxygen atoms in total. The average Bonchev–Trinajstić information content (AvgIpc) is 2.86. The maximum absolute atomic E-state index is 12.2. The third-order valence-electron chi connectivity index (χ3n) is 5.61. The molecule has 0 unspecified atom stereocenters. The Balaban J connectivity index is 1.24. The molecule has 176 valence electrons. The van der Waals surface area contributed by atoms with Crippen molar-refractivity contribution >= 4 is 52.0 Å². The number of piperazine rings is 1. The minimum absolute atomic E-state index is 0.143. The van der Waals surface area contributed by atoms with E-state index in [9.17, 15) is 4.79 Å². The smallest absolute Gasteiger partial charge is 0.262 e. The van der Waals surface area contributed by atoms with E-state index in [-0.39, 0.29) is 12.5 Å². The molecule has 0 atom stereocenters. The highest BCUT2D eigenvalue weighted by Gasteiger charge is 2.20. The van der Waals surface area contributed by atoms with Crippen LogP contribution in [0.5, 0.6) is 5.75 Å². The van der Waals surface area contributed by atoms with Gasteiger partial charge in [-0.15, -0.1) is 0 Å². The van der Waals surface area contributed by atoms with Crippen molar-refractivity contribution in [1.29, 1.82) is 0 Å². The first kappa shape index (κ1) is 24.5. The number of hydrogen-bond donors (Lipinski definition) is 1. The van der Waals surface area contributed by atoms with Crippen LogP contribution in [-0.4, -0.2) is 53.5 Å². The van der Waals surface area contributed by atoms with Gasteiger partial charge in [0.1, 0.15) is 10.7 Å². The molecule has 3 aromatic carbocycles. The Labute approximate surface area is 215 Å². The van der Waals surface area contributed by atoms with E-state index in [2.05, 4.69) is 39.4 Å². The number of halogens is 2. The fraction of sp³-hybridized carbons (Fsp3) is 0.231. The molecule has 8 heteroatoms. The summed E-state index contributed by atoms with van der Waals surface area (Å²) in [4.78, 5) is 17.7. The minimum Gasteiger partial charge on any atom is -0.484 e. The molecule has 1 amide bonds. The lowest BCUT2D eigenvalue weighted by Gasteiger charge is -2.36. The maximum Gasteiger partial charge on any atom is 0.262 e. The number of ether oxygens (including phenoxy) is 1. The first-order valence-corrected chi connectivity index (χ1v) is 12.2. The Bertz CT molecular complexity index is 1130. The Morgan fingerprint density at radius 1 is 0.912 bits per heavy atom. The number of nitrogens with one attached hydrogen (secondary N) is 1. The second-order valence-corrected chi connectivity index (χ2v) is 9.19. The van der Waals surface area contributed by atoms with Gasteiger partial charge in [-0.1, -0.05) is 71.8 Å². The molecule has 1 aliphatic rings. The highest BCUT2D eigenvalue weighted by molar-refractivity contribution is 7.80. The quantitative estimate of drug-likeness (QED) is 0.422. The fourth-order valence-electron chi connectivity index (χ4n) is 3.76. The summed E-state index contributed by atoms with van der Waals surface area (Å²) >= 11 is 17.8. The number of thiocarbonyl (C=S) groups is 1. The molecule has 0 saturated carbocycles. The van der Waals surface area contributed by atoms with E-state index in [1.807, 2.05) is 30.3 Å². The van der Waals surface area contributed by atoms with E-state index in [1.165, 1.54) is 5.56 Å². The molecule has 3 aromatic rings. The summed E-state index contributed by atoms with van der Waals surface area (Å²) in [5.74, 6) is 0.267. The van der Waals surface area contributed by atoms with E-state index in [1.54, 1.807) is 18.2 Å². The highest BCUT2D eigenvalue weighted by Crippen LogP contribution is 2.29. The Morgan fingerprint density at radius 3 is 2.32 bits per heavy atom. The third-order valence-corrected chi connectivity index (χ3v) is 6.92. The first-order valence-electron chi connectivity index (χ1n) is 11.0. The van der Waals surface area contributed by atoms with Crippen molar-refractivity contribution in [2.75, 3.05) is 38.1 Å². The van der Waals surface area contributed by atoms with Crippen LogP contribution in [0, 0.1) is 0 Å². The lowest BCUT2D eigenvalue weighted by atomic mass is 10.1. The maximum atomic E-state index is 12.2. The molecule has 0 aromatic heterocycles. The van der Waals surface area contributed by atoms with Crippen molar-refractivity contribution in [1.82, 2.24) is 9.80 Å². The van der Waals surface area contributed by atoms with Gasteiger partial charge in [-0.2, -0.15) is 0 Å². The number of benzene rings is 3. The van der Waals surface area contributed by atoms with Gasteiger partial charge in [-0.05, 0) is 42.0 Å². The van der Waals surface area contributed by atoms with Gasteiger partial charge in [-0.3, -0.25) is 9.69 Å². The molecule has 1 aliphatic heterocycles. The van der Waals surface area contributed by atoms with E-state index < -0.39 is 0 Å². The number of nitrogens with zero attached hydrogens (tertiary/aromatic N) is 2. The largest absolute Gasteiger partial charge is 0.484 e. The van der Waals surface area contributed by atoms with Gasteiger partial charge in [0.15, 0.2) is 6.61 Å². The van der Waals surface area contributed by atoms with Crippen molar-refractivity contribution in [2.24, 2.45) is 0 Å². The van der Waals surface area contributed by atoms with Crippen LogP contribution < -0.4 is 10.1 Å². The van der Waals surface area contributed by atoms with Crippen LogP contribution in [0.25, 0.3) is 0 Å². The second-order valence-electron chi connectivity index (χ2n) is 8.02. The molecule has 0 bridgehead atoms. The van der Waals surface area contributed by atoms with E-state index in [0.29, 0.717) is 21.5 Å². The standard InChI is InChI=1S/C26H25Cl2N3O2S/c27-22-7-4-8-23(25(22)28)29-24(32)18-33-21-11-9-20(10-12-21)26(34)31-15-13-30(14-16-31)17-19-5-2-1-3-6-19/h1-12H,13-18H2,(H,29,32). The predicted molar refractivity (Wildman–Crippen MR) is 142 cm³/mol. The second kappa shape index (κ2) is 11.7. The topological polar surface area (TPSA) is 44.8 Å². The van der Waals surface area contributed by atoms with Crippen molar-refractivity contribution in [3.05, 3.63) is 94.0 Å². The Morgan fingerprint density at radius 2 is 1.62 bits per heavy atom. The van der Waals surface area contributed by atoms with Gasteiger partial charge in [0.25, 0.3) is 5.91 Å². The minimum atomic E-state index is -0.322. The van der Waals surface area contributed by atoms with Crippen molar-refractivity contribution in [2.45, 2.75) is 6.54 Å². The van der Waals surface area contributed by atoms with Gasteiger partial charge < -0.3 is 15.0 Å². The molecule has 0 spiro atoms. The van der Waals surface area contributed by atoms with Crippen LogP contribution in [0.3, 0.4) is 0 Å². The molecule has 1 saturated heterocycles. The van der Waals surface area contributed by atoms with Gasteiger partial charge >= 0.3 is 0 Å². The van der Waals surface area contributed by atoms with Crippen molar-refractivity contribution in [3.8, 4) is 5.75 Å². The lowest BCUT2D eigenvalue weighted by molar-refractivity contribution is -0.118. The van der Waals surface area contributed by atoms with Crippen molar-refractivity contribution < 1.29 is 9.53 Å². The van der Waals surface area contributed by atoms with Crippen LogP contribution in [-0.2, 0) is 11.3 Å². The van der Waals surface area contributed by atoms with Crippen molar-refractivity contribution in [3.63, 3.8) is 0 Å². The van der Waals surface area contributed by atoms with Crippen LogP contribution >= 0.6 is 35.4 Å². The number of hydrogen-bond acceptors (Lipinski definition) is 4. The number of carbonyl (C=O) groups excluding carboxylic acids is 1. The summed E-state index contributed by atoms with van der Waals surface area (Å²) in [6.07, 6.45) is 0. The van der Waals surface area contributed by atoms with Gasteiger partial charge in [0.2, 0.25) is 0 Å². The van der Waals surface area contributed by atoms with Gasteiger partial charge in [-0.25, -0.2) is 0 Å². The molecule has 1 heterocycles. The van der Waals surface area contributed by atoms with E-state index in [0.717, 1.165) is 43.3 Å². The van der Waals surface area contributed by atoms with Crippen LogP contribution in [0.1, 0.15) is 11.1 Å². The number of amides is 1. The Hall–Kier alpha value is -2.64. The van der Waals surface area contributed by atoms with Gasteiger partial charge in [0, 0.05) is 38.3 Å². The number of carbonyl (C=O) groups is 1. The SMILES string of the molecule is O=C(COc1ccc(C(=S)N2CCN(Cc3ccccc3)CC2)cc1)Nc1cccc(Cl)c1Cl. The molecule has 1 N–H and O–H groups in total. The summed E-state index contributed by atoms with van der Waals surface area (Å²) in [5, 5.41) is 3.38. The van der Waals surface area contributed by atoms with Crippen LogP contribution in [0.4, 0.5) is 5.69 Å². The summed E-state index contributed by atoms with van der Waals surface area (Å²) in [5.41, 5.74) is 2.75. The summed E-state index contributed by atoms with van der Waals surface area (Å²) < 4.78 is 5.61. The number of anilines is 1. The zero-order valence-corrected chi connectivity index (χ0v) is 20.9. The van der Waals surface area contributed by atoms with Crippen LogP contribution in [0.15, 0.2) is 72.8 Å². The normalized spacial score (nSPS) is 14.0. The summed E-state index contributed by atoms with van der Waals surface area (Å²) in [6.45, 7) is 4.57. The van der Waals surface area contributed by atoms with Crippen LogP contribution in [0.2, 0.25) is 10.0 Å². The first-order chi connectivity index (χ1) is 16.5. The highest BCUT2D eigenvalue weighted by atomic mass is 35.5. The molecule has 34 heavy (non-hydrogen) atoms. The Kier molecular flexibility index (Phi) is 8.40. The summed E-state index contributed by atoms with van der Waals surface area (Å²) in [7, 11) is 0. The lowest BCUT2D eigenvalue weighted by Crippen LogP contribution is -2.47. The van der Waals surface area contributed by atoms with Gasteiger partial charge in [0.05, 0.1) is 15.7 Å². The summed E-state index contributed by atoms with van der Waals surface area (Å²) in [6, 6.07) is 23.1. The third kappa shape index (κ3) is 6.48. The number of rotatable bonds is 7. The monoisotopic (exact) mass is 513 g/mol.